The molecule has 2 N–H and O–H groups in total. The van der Waals surface area contributed by atoms with E-state index in [2.05, 4.69) is 5.32 Å². The molecule has 120 valence electrons. The van der Waals surface area contributed by atoms with E-state index in [1.54, 1.807) is 0 Å². The summed E-state index contributed by atoms with van der Waals surface area (Å²) in [5, 5.41) is 11.9. The molecule has 1 aliphatic heterocycles. The van der Waals surface area contributed by atoms with Crippen molar-refractivity contribution < 1.29 is 14.7 Å². The lowest BCUT2D eigenvalue weighted by molar-refractivity contribution is -0.137. The smallest absolute Gasteiger partial charge is 0.317 e. The van der Waals surface area contributed by atoms with Crippen molar-refractivity contribution in [2.24, 2.45) is 17.8 Å². The van der Waals surface area contributed by atoms with Crippen LogP contribution in [0.2, 0.25) is 0 Å². The summed E-state index contributed by atoms with van der Waals surface area (Å²) >= 11 is 0. The van der Waals surface area contributed by atoms with Crippen LogP contribution >= 0.6 is 0 Å². The quantitative estimate of drug-likeness (QED) is 0.838. The molecule has 5 heteroatoms. The number of piperidine rings is 1. The highest BCUT2D eigenvalue weighted by molar-refractivity contribution is 5.76. The summed E-state index contributed by atoms with van der Waals surface area (Å²) in [4.78, 5) is 25.2. The van der Waals surface area contributed by atoms with Gasteiger partial charge in [-0.25, -0.2) is 4.79 Å². The van der Waals surface area contributed by atoms with Crippen LogP contribution in [0, 0.1) is 17.8 Å². The fraction of sp³-hybridized carbons (Fsp3) is 0.875. The molecular formula is C16H28N2O3. The zero-order valence-electron chi connectivity index (χ0n) is 13.2. The standard InChI is InChI=1S/C16H28N2O3/c1-11(2)14(9-15(19)20)17-16(21)18-8-7-12-5-3-4-6-13(12)10-18/h11-14H,3-10H2,1-2H3,(H,17,21)(H,19,20). The van der Waals surface area contributed by atoms with E-state index < -0.39 is 5.97 Å². The van der Waals surface area contributed by atoms with E-state index in [1.165, 1.54) is 25.7 Å². The van der Waals surface area contributed by atoms with Crippen LogP contribution in [0.3, 0.4) is 0 Å². The molecule has 2 amide bonds. The molecule has 1 saturated carbocycles. The topological polar surface area (TPSA) is 69.6 Å². The molecule has 0 radical (unpaired) electrons. The monoisotopic (exact) mass is 296 g/mol. The van der Waals surface area contributed by atoms with E-state index in [9.17, 15) is 9.59 Å². The van der Waals surface area contributed by atoms with Crippen molar-refractivity contribution in [3.63, 3.8) is 0 Å². The highest BCUT2D eigenvalue weighted by Gasteiger charge is 2.33. The van der Waals surface area contributed by atoms with Crippen LogP contribution in [0.15, 0.2) is 0 Å². The van der Waals surface area contributed by atoms with Crippen molar-refractivity contribution in [1.82, 2.24) is 10.2 Å². The summed E-state index contributed by atoms with van der Waals surface area (Å²) in [7, 11) is 0. The molecule has 5 nitrogen and oxygen atoms in total. The molecule has 3 unspecified atom stereocenters. The Labute approximate surface area is 127 Å². The van der Waals surface area contributed by atoms with Gasteiger partial charge in [0.15, 0.2) is 0 Å². The van der Waals surface area contributed by atoms with Gasteiger partial charge in [-0.05, 0) is 30.6 Å². The first-order chi connectivity index (χ1) is 9.97. The first-order valence-corrected chi connectivity index (χ1v) is 8.24. The molecule has 0 aromatic carbocycles. The van der Waals surface area contributed by atoms with Gasteiger partial charge in [0.2, 0.25) is 0 Å². The number of rotatable bonds is 4. The maximum Gasteiger partial charge on any atom is 0.317 e. The van der Waals surface area contributed by atoms with E-state index in [4.69, 9.17) is 5.11 Å². The predicted molar refractivity (Wildman–Crippen MR) is 81.0 cm³/mol. The van der Waals surface area contributed by atoms with E-state index >= 15 is 0 Å². The predicted octanol–water partition coefficient (Wildman–Crippen LogP) is 2.71. The lowest BCUT2D eigenvalue weighted by Crippen LogP contribution is -2.52. The molecule has 3 atom stereocenters. The summed E-state index contributed by atoms with van der Waals surface area (Å²) in [5.74, 6) is 0.704. The molecule has 1 heterocycles. The number of carbonyl (C=O) groups excluding carboxylic acids is 1. The van der Waals surface area contributed by atoms with Gasteiger partial charge in [-0.2, -0.15) is 0 Å². The van der Waals surface area contributed by atoms with Crippen LogP contribution in [-0.4, -0.2) is 41.1 Å². The lowest BCUT2D eigenvalue weighted by Gasteiger charge is -2.41. The number of carbonyl (C=O) groups is 2. The van der Waals surface area contributed by atoms with Crippen LogP contribution in [0.5, 0.6) is 0 Å². The number of carboxylic acid groups (broad SMARTS) is 1. The first kappa shape index (κ1) is 16.1. The van der Waals surface area contributed by atoms with Crippen LogP contribution in [0.1, 0.15) is 52.4 Å². The van der Waals surface area contributed by atoms with Crippen molar-refractivity contribution in [1.29, 1.82) is 0 Å². The molecule has 1 aliphatic carbocycles. The highest BCUT2D eigenvalue weighted by Crippen LogP contribution is 2.36. The van der Waals surface area contributed by atoms with Gasteiger partial charge >= 0.3 is 12.0 Å². The van der Waals surface area contributed by atoms with Crippen LogP contribution < -0.4 is 5.32 Å². The van der Waals surface area contributed by atoms with Gasteiger partial charge in [0.05, 0.1) is 6.42 Å². The van der Waals surface area contributed by atoms with Gasteiger partial charge in [-0.15, -0.1) is 0 Å². The normalized spacial score (nSPS) is 27.1. The average Bonchev–Trinajstić information content (AvgIpc) is 2.45. The Bertz CT molecular complexity index is 384. The molecular weight excluding hydrogens is 268 g/mol. The van der Waals surface area contributed by atoms with E-state index in [-0.39, 0.29) is 24.4 Å². The van der Waals surface area contributed by atoms with Gasteiger partial charge in [0, 0.05) is 19.1 Å². The molecule has 2 rings (SSSR count). The number of urea groups is 1. The third-order valence-electron chi connectivity index (χ3n) is 5.09. The maximum absolute atomic E-state index is 12.4. The van der Waals surface area contributed by atoms with Crippen LogP contribution in [0.25, 0.3) is 0 Å². The summed E-state index contributed by atoms with van der Waals surface area (Å²) in [5.41, 5.74) is 0. The number of nitrogens with one attached hydrogen (secondary N) is 1. The molecule has 2 fully saturated rings. The number of likely N-dealkylation sites (tertiary alicyclic amines) is 1. The van der Waals surface area contributed by atoms with E-state index in [1.807, 2.05) is 18.7 Å². The third-order valence-corrected chi connectivity index (χ3v) is 5.09. The number of aliphatic carboxylic acids is 1. The van der Waals surface area contributed by atoms with E-state index in [0.717, 1.165) is 25.4 Å². The van der Waals surface area contributed by atoms with E-state index in [0.29, 0.717) is 5.92 Å². The first-order valence-electron chi connectivity index (χ1n) is 8.24. The summed E-state index contributed by atoms with van der Waals surface area (Å²) < 4.78 is 0. The number of nitrogens with zero attached hydrogens (tertiary/aromatic N) is 1. The molecule has 0 bridgehead atoms. The Morgan fingerprint density at radius 2 is 1.86 bits per heavy atom. The van der Waals surface area contributed by atoms with Gasteiger partial charge in [-0.3, -0.25) is 4.79 Å². The summed E-state index contributed by atoms with van der Waals surface area (Å²) in [6, 6.07) is -0.377. The lowest BCUT2D eigenvalue weighted by atomic mass is 9.75. The molecule has 21 heavy (non-hydrogen) atoms. The second-order valence-electron chi connectivity index (χ2n) is 6.94. The highest BCUT2D eigenvalue weighted by atomic mass is 16.4. The van der Waals surface area contributed by atoms with Gasteiger partial charge in [0.1, 0.15) is 0 Å². The van der Waals surface area contributed by atoms with Crippen molar-refractivity contribution in [2.45, 2.75) is 58.4 Å². The molecule has 0 aromatic rings. The Morgan fingerprint density at radius 3 is 2.48 bits per heavy atom. The average molecular weight is 296 g/mol. The molecule has 0 spiro atoms. The molecule has 2 aliphatic rings. The van der Waals surface area contributed by atoms with Crippen molar-refractivity contribution in [2.75, 3.05) is 13.1 Å². The minimum Gasteiger partial charge on any atom is -0.481 e. The minimum absolute atomic E-state index is 0.0106. The van der Waals surface area contributed by atoms with Gasteiger partial charge in [-0.1, -0.05) is 33.1 Å². The zero-order chi connectivity index (χ0) is 15.4. The maximum atomic E-state index is 12.4. The summed E-state index contributed by atoms with van der Waals surface area (Å²) in [6.07, 6.45) is 6.25. The fourth-order valence-electron chi connectivity index (χ4n) is 3.68. The van der Waals surface area contributed by atoms with Crippen molar-refractivity contribution in [3.8, 4) is 0 Å². The number of hydrogen-bond acceptors (Lipinski definition) is 2. The number of amides is 2. The Balaban J connectivity index is 1.88. The zero-order valence-corrected chi connectivity index (χ0v) is 13.2. The van der Waals surface area contributed by atoms with Crippen LogP contribution in [-0.2, 0) is 4.79 Å². The minimum atomic E-state index is -0.861. The van der Waals surface area contributed by atoms with Crippen molar-refractivity contribution >= 4 is 12.0 Å². The molecule has 1 saturated heterocycles. The van der Waals surface area contributed by atoms with Crippen LogP contribution in [0.4, 0.5) is 4.79 Å². The SMILES string of the molecule is CC(C)C(CC(=O)O)NC(=O)N1CCC2CCCCC2C1. The third kappa shape index (κ3) is 4.35. The summed E-state index contributed by atoms with van der Waals surface area (Å²) in [6.45, 7) is 5.54. The second-order valence-corrected chi connectivity index (χ2v) is 6.94. The number of carboxylic acids is 1. The largest absolute Gasteiger partial charge is 0.481 e. The fourth-order valence-corrected chi connectivity index (χ4v) is 3.68. The van der Waals surface area contributed by atoms with Gasteiger partial charge < -0.3 is 15.3 Å². The number of hydrogen-bond donors (Lipinski definition) is 2. The second kappa shape index (κ2) is 7.14. The number of fused-ring (bicyclic) bond motifs is 1. The van der Waals surface area contributed by atoms with Gasteiger partial charge in [0.25, 0.3) is 0 Å². The Kier molecular flexibility index (Phi) is 5.48. The Morgan fingerprint density at radius 1 is 1.19 bits per heavy atom. The Hall–Kier alpha value is -1.26. The van der Waals surface area contributed by atoms with Crippen molar-refractivity contribution in [3.05, 3.63) is 0 Å². The molecule has 0 aromatic heterocycles.